The number of aliphatic carboxylic acids is 1. The van der Waals surface area contributed by atoms with Crippen LogP contribution in [0.5, 0.6) is 0 Å². The highest BCUT2D eigenvalue weighted by Crippen LogP contribution is 2.31. The second-order valence-electron chi connectivity index (χ2n) is 9.11. The normalized spacial score (nSPS) is 22.8. The van der Waals surface area contributed by atoms with Crippen LogP contribution in [0.15, 0.2) is 24.3 Å². The number of hydrogen-bond acceptors (Lipinski definition) is 4. The number of rotatable bonds is 3. The Kier molecular flexibility index (Phi) is 5.87. The third kappa shape index (κ3) is 4.54. The van der Waals surface area contributed by atoms with Crippen LogP contribution in [-0.4, -0.2) is 58.1 Å². The summed E-state index contributed by atoms with van der Waals surface area (Å²) in [6, 6.07) is 7.03. The lowest BCUT2D eigenvalue weighted by molar-refractivity contribution is -0.151. The van der Waals surface area contributed by atoms with Crippen molar-refractivity contribution < 1.29 is 24.2 Å². The second kappa shape index (κ2) is 8.05. The topological polar surface area (TPSA) is 87.2 Å². The van der Waals surface area contributed by atoms with Gasteiger partial charge in [0.15, 0.2) is 0 Å². The summed E-state index contributed by atoms with van der Waals surface area (Å²) < 4.78 is 5.62. The first-order valence-corrected chi connectivity index (χ1v) is 10.1. The van der Waals surface area contributed by atoms with Crippen molar-refractivity contribution in [1.82, 2.24) is 9.80 Å². The van der Waals surface area contributed by atoms with Gasteiger partial charge in [0.25, 0.3) is 0 Å². The van der Waals surface area contributed by atoms with Crippen molar-refractivity contribution >= 4 is 18.0 Å². The SMILES string of the molecule is C[C@H](C(=O)N1CC(OC(=O)N2CCc3ccccc3C2)C[C@H]1C(=O)O)C(C)(C)C. The lowest BCUT2D eigenvalue weighted by Gasteiger charge is -2.32. The Bertz CT molecular complexity index is 801. The zero-order chi connectivity index (χ0) is 21.3. The number of benzene rings is 1. The molecule has 0 spiro atoms. The molecule has 0 aliphatic carbocycles. The average Bonchev–Trinajstić information content (AvgIpc) is 3.09. The molecule has 1 saturated heterocycles. The van der Waals surface area contributed by atoms with Crippen LogP contribution in [0, 0.1) is 11.3 Å². The number of carbonyl (C=O) groups is 3. The fraction of sp³-hybridized carbons (Fsp3) is 0.591. The predicted molar refractivity (Wildman–Crippen MR) is 107 cm³/mol. The number of ether oxygens (including phenoxy) is 1. The molecule has 0 radical (unpaired) electrons. The molecule has 1 unspecified atom stereocenters. The molecule has 2 aliphatic heterocycles. The molecule has 2 amide bonds. The number of carbonyl (C=O) groups excluding carboxylic acids is 2. The minimum atomic E-state index is -1.06. The van der Waals surface area contributed by atoms with Crippen molar-refractivity contribution in [2.45, 2.75) is 59.2 Å². The molecule has 2 aliphatic rings. The van der Waals surface area contributed by atoms with Gasteiger partial charge in [-0.1, -0.05) is 52.0 Å². The highest BCUT2D eigenvalue weighted by atomic mass is 16.6. The Morgan fingerprint density at radius 3 is 2.45 bits per heavy atom. The van der Waals surface area contributed by atoms with Gasteiger partial charge in [-0.3, -0.25) is 4.79 Å². The molecule has 3 atom stereocenters. The van der Waals surface area contributed by atoms with E-state index in [-0.39, 0.29) is 30.2 Å². The largest absolute Gasteiger partial charge is 0.480 e. The quantitative estimate of drug-likeness (QED) is 0.840. The minimum absolute atomic E-state index is 0.117. The van der Waals surface area contributed by atoms with Crippen LogP contribution >= 0.6 is 0 Å². The van der Waals surface area contributed by atoms with Crippen molar-refractivity contribution in [3.63, 3.8) is 0 Å². The van der Waals surface area contributed by atoms with Gasteiger partial charge in [-0.2, -0.15) is 0 Å². The Morgan fingerprint density at radius 1 is 1.17 bits per heavy atom. The van der Waals surface area contributed by atoms with E-state index in [1.165, 1.54) is 10.5 Å². The van der Waals surface area contributed by atoms with E-state index in [1.807, 2.05) is 45.9 Å². The van der Waals surface area contributed by atoms with E-state index in [2.05, 4.69) is 6.07 Å². The predicted octanol–water partition coefficient (Wildman–Crippen LogP) is 2.92. The van der Waals surface area contributed by atoms with E-state index in [0.717, 1.165) is 12.0 Å². The zero-order valence-electron chi connectivity index (χ0n) is 17.6. The molecule has 158 valence electrons. The first kappa shape index (κ1) is 21.1. The molecule has 3 rings (SSSR count). The fourth-order valence-corrected chi connectivity index (χ4v) is 3.85. The summed E-state index contributed by atoms with van der Waals surface area (Å²) in [4.78, 5) is 40.3. The molecule has 0 aromatic heterocycles. The second-order valence-corrected chi connectivity index (χ2v) is 9.11. The first-order chi connectivity index (χ1) is 13.6. The Morgan fingerprint density at radius 2 is 1.83 bits per heavy atom. The van der Waals surface area contributed by atoms with Crippen LogP contribution < -0.4 is 0 Å². The Balaban J connectivity index is 1.65. The average molecular weight is 402 g/mol. The van der Waals surface area contributed by atoms with Crippen LogP contribution in [0.4, 0.5) is 4.79 Å². The first-order valence-electron chi connectivity index (χ1n) is 10.1. The van der Waals surface area contributed by atoms with Crippen LogP contribution in [-0.2, 0) is 27.3 Å². The maximum atomic E-state index is 12.9. The minimum Gasteiger partial charge on any atom is -0.480 e. The van der Waals surface area contributed by atoms with E-state index in [9.17, 15) is 19.5 Å². The molecule has 1 fully saturated rings. The molecule has 29 heavy (non-hydrogen) atoms. The molecule has 7 nitrogen and oxygen atoms in total. The molecule has 2 heterocycles. The van der Waals surface area contributed by atoms with E-state index in [4.69, 9.17) is 4.74 Å². The van der Waals surface area contributed by atoms with Crippen molar-refractivity contribution in [1.29, 1.82) is 0 Å². The van der Waals surface area contributed by atoms with E-state index in [1.54, 1.807) is 4.90 Å². The third-order valence-corrected chi connectivity index (χ3v) is 6.16. The third-order valence-electron chi connectivity index (χ3n) is 6.16. The van der Waals surface area contributed by atoms with Crippen LogP contribution in [0.3, 0.4) is 0 Å². The van der Waals surface area contributed by atoms with E-state index in [0.29, 0.717) is 13.1 Å². The number of carboxylic acid groups (broad SMARTS) is 1. The smallest absolute Gasteiger partial charge is 0.410 e. The molecular weight excluding hydrogens is 372 g/mol. The fourth-order valence-electron chi connectivity index (χ4n) is 3.85. The molecule has 1 aromatic carbocycles. The molecule has 1 aromatic rings. The summed E-state index contributed by atoms with van der Waals surface area (Å²) in [6.07, 6.45) is -0.182. The zero-order valence-corrected chi connectivity index (χ0v) is 17.6. The standard InChI is InChI=1S/C22H30N2O5/c1-14(22(2,3)4)19(25)24-13-17(11-18(24)20(26)27)29-21(28)23-10-9-15-7-5-6-8-16(15)12-23/h5-8,14,17-18H,9-13H2,1-4H3,(H,26,27)/t14-,17?,18+/m1/s1. The van der Waals surface area contributed by atoms with Crippen molar-refractivity contribution in [3.8, 4) is 0 Å². The van der Waals surface area contributed by atoms with Crippen LogP contribution in [0.1, 0.15) is 45.2 Å². The van der Waals surface area contributed by atoms with E-state index < -0.39 is 24.2 Å². The lowest BCUT2D eigenvalue weighted by Crippen LogP contribution is -2.46. The lowest BCUT2D eigenvalue weighted by atomic mass is 9.81. The summed E-state index contributed by atoms with van der Waals surface area (Å²) in [5.74, 6) is -1.61. The van der Waals surface area contributed by atoms with Crippen molar-refractivity contribution in [2.24, 2.45) is 11.3 Å². The van der Waals surface area contributed by atoms with Gasteiger partial charge in [0, 0.05) is 25.4 Å². The van der Waals surface area contributed by atoms with Crippen LogP contribution in [0.2, 0.25) is 0 Å². The summed E-state index contributed by atoms with van der Waals surface area (Å²) in [7, 11) is 0. The molecular formula is C22H30N2O5. The van der Waals surface area contributed by atoms with Gasteiger partial charge in [0.1, 0.15) is 12.1 Å². The van der Waals surface area contributed by atoms with E-state index >= 15 is 0 Å². The summed E-state index contributed by atoms with van der Waals surface area (Å²) >= 11 is 0. The Labute approximate surface area is 171 Å². The number of nitrogens with zero attached hydrogens (tertiary/aromatic N) is 2. The van der Waals surface area contributed by atoms with Gasteiger partial charge >= 0.3 is 12.1 Å². The highest BCUT2D eigenvalue weighted by Gasteiger charge is 2.44. The summed E-state index contributed by atoms with van der Waals surface area (Å²) in [5.41, 5.74) is 2.05. The van der Waals surface area contributed by atoms with Gasteiger partial charge in [-0.15, -0.1) is 0 Å². The van der Waals surface area contributed by atoms with Crippen LogP contribution in [0.25, 0.3) is 0 Å². The van der Waals surface area contributed by atoms with Crippen molar-refractivity contribution in [2.75, 3.05) is 13.1 Å². The van der Waals surface area contributed by atoms with Gasteiger partial charge < -0.3 is 19.6 Å². The van der Waals surface area contributed by atoms with Gasteiger partial charge in [0.2, 0.25) is 5.91 Å². The molecule has 0 bridgehead atoms. The highest BCUT2D eigenvalue weighted by molar-refractivity contribution is 5.86. The maximum absolute atomic E-state index is 12.9. The number of hydrogen-bond donors (Lipinski definition) is 1. The number of carboxylic acids is 1. The summed E-state index contributed by atoms with van der Waals surface area (Å²) in [5, 5.41) is 9.58. The summed E-state index contributed by atoms with van der Waals surface area (Å²) in [6.45, 7) is 8.83. The van der Waals surface area contributed by atoms with Gasteiger partial charge in [-0.05, 0) is 23.0 Å². The Hall–Kier alpha value is -2.57. The number of fused-ring (bicyclic) bond motifs is 1. The molecule has 0 saturated carbocycles. The van der Waals surface area contributed by atoms with Gasteiger partial charge in [0.05, 0.1) is 6.54 Å². The van der Waals surface area contributed by atoms with Crippen molar-refractivity contribution in [3.05, 3.63) is 35.4 Å². The molecule has 1 N–H and O–H groups in total. The maximum Gasteiger partial charge on any atom is 0.410 e. The number of amides is 2. The monoisotopic (exact) mass is 402 g/mol. The number of likely N-dealkylation sites (tertiary alicyclic amines) is 1. The molecule has 7 heteroatoms. The van der Waals surface area contributed by atoms with Gasteiger partial charge in [-0.25, -0.2) is 9.59 Å².